The van der Waals surface area contributed by atoms with Gasteiger partial charge < -0.3 is 10.2 Å². The highest BCUT2D eigenvalue weighted by Crippen LogP contribution is 2.18. The minimum Gasteiger partial charge on any atom is -0.349 e. The van der Waals surface area contributed by atoms with E-state index >= 15 is 0 Å². The van der Waals surface area contributed by atoms with Crippen LogP contribution >= 0.6 is 11.6 Å². The molecule has 1 aliphatic rings. The zero-order valence-electron chi connectivity index (χ0n) is 15.6. The first-order valence-electron chi connectivity index (χ1n) is 9.51. The van der Waals surface area contributed by atoms with Crippen LogP contribution in [-0.2, 0) is 0 Å². The molecular weight excluding hydrogens is 360 g/mol. The van der Waals surface area contributed by atoms with E-state index in [9.17, 15) is 9.59 Å². The summed E-state index contributed by atoms with van der Waals surface area (Å²) in [5.41, 5.74) is 1.36. The molecule has 5 heteroatoms. The first-order valence-corrected chi connectivity index (χ1v) is 9.88. The molecule has 1 fully saturated rings. The van der Waals surface area contributed by atoms with E-state index < -0.39 is 0 Å². The number of benzene rings is 2. The summed E-state index contributed by atoms with van der Waals surface area (Å²) in [6.07, 6.45) is 3.04. The minimum atomic E-state index is -0.179. The van der Waals surface area contributed by atoms with E-state index in [2.05, 4.69) is 17.1 Å². The maximum Gasteiger partial charge on any atom is 0.252 e. The molecule has 1 N–H and O–H groups in total. The quantitative estimate of drug-likeness (QED) is 0.760. The lowest BCUT2D eigenvalue weighted by molar-refractivity contribution is 0.0903. The fraction of sp³-hybridized carbons (Fsp3) is 0.364. The topological polar surface area (TPSA) is 49.4 Å². The van der Waals surface area contributed by atoms with Crippen molar-refractivity contribution in [2.75, 3.05) is 19.6 Å². The molecule has 2 aromatic carbocycles. The number of carbonyl (C=O) groups is 2. The van der Waals surface area contributed by atoms with Crippen LogP contribution in [0.15, 0.2) is 48.5 Å². The number of rotatable bonds is 6. The lowest BCUT2D eigenvalue weighted by Crippen LogP contribution is -2.45. The van der Waals surface area contributed by atoms with Gasteiger partial charge in [0.1, 0.15) is 0 Å². The molecular formula is C22H25ClN2O2. The molecule has 1 amide bonds. The summed E-state index contributed by atoms with van der Waals surface area (Å²) in [5, 5.41) is 3.69. The molecule has 0 aromatic heterocycles. The van der Waals surface area contributed by atoms with Gasteiger partial charge in [-0.25, -0.2) is 0 Å². The van der Waals surface area contributed by atoms with Gasteiger partial charge >= 0.3 is 0 Å². The zero-order chi connectivity index (χ0) is 19.2. The van der Waals surface area contributed by atoms with E-state index in [-0.39, 0.29) is 17.7 Å². The standard InChI is InChI=1S/C22H25ClN2O2/c1-2-13-25-14-11-18(12-15-25)24-22(27)20-6-4-3-5-19(20)21(26)16-7-9-17(23)10-8-16/h3-10,18H,2,11-15H2,1H3,(H,24,27). The summed E-state index contributed by atoms with van der Waals surface area (Å²) < 4.78 is 0. The summed E-state index contributed by atoms with van der Waals surface area (Å²) >= 11 is 5.90. The number of piperidine rings is 1. The van der Waals surface area contributed by atoms with Gasteiger partial charge in [-0.2, -0.15) is 0 Å². The Morgan fingerprint density at radius 2 is 1.67 bits per heavy atom. The third-order valence-electron chi connectivity index (χ3n) is 4.99. The fourth-order valence-corrected chi connectivity index (χ4v) is 3.64. The molecule has 0 spiro atoms. The van der Waals surface area contributed by atoms with Crippen molar-refractivity contribution in [2.24, 2.45) is 0 Å². The van der Waals surface area contributed by atoms with Gasteiger partial charge in [-0.1, -0.05) is 36.7 Å². The lowest BCUT2D eigenvalue weighted by Gasteiger charge is -2.32. The predicted molar refractivity (Wildman–Crippen MR) is 109 cm³/mol. The van der Waals surface area contributed by atoms with Crippen LogP contribution in [0, 0.1) is 0 Å². The van der Waals surface area contributed by atoms with Crippen LogP contribution in [0.3, 0.4) is 0 Å². The Kier molecular flexibility index (Phi) is 6.64. The second kappa shape index (κ2) is 9.16. The SMILES string of the molecule is CCCN1CCC(NC(=O)c2ccccc2C(=O)c2ccc(Cl)cc2)CC1. The van der Waals surface area contributed by atoms with E-state index in [1.807, 2.05) is 0 Å². The average molecular weight is 385 g/mol. The number of carbonyl (C=O) groups excluding carboxylic acids is 2. The molecule has 0 radical (unpaired) electrons. The van der Waals surface area contributed by atoms with Crippen LogP contribution in [0.2, 0.25) is 5.02 Å². The van der Waals surface area contributed by atoms with Crippen molar-refractivity contribution in [1.29, 1.82) is 0 Å². The van der Waals surface area contributed by atoms with Crippen LogP contribution in [0.4, 0.5) is 0 Å². The molecule has 4 nitrogen and oxygen atoms in total. The number of amides is 1. The Morgan fingerprint density at radius 1 is 1.04 bits per heavy atom. The van der Waals surface area contributed by atoms with Gasteiger partial charge in [-0.05, 0) is 56.1 Å². The molecule has 0 aliphatic carbocycles. The van der Waals surface area contributed by atoms with E-state index in [0.717, 1.165) is 38.9 Å². The van der Waals surface area contributed by atoms with Crippen molar-refractivity contribution < 1.29 is 9.59 Å². The summed E-state index contributed by atoms with van der Waals surface area (Å²) in [5.74, 6) is -0.350. The molecule has 3 rings (SSSR count). The Bertz CT molecular complexity index is 796. The summed E-state index contributed by atoms with van der Waals surface area (Å²) in [6.45, 7) is 5.30. The number of hydrogen-bond donors (Lipinski definition) is 1. The molecule has 1 saturated heterocycles. The second-order valence-corrected chi connectivity index (χ2v) is 7.41. The van der Waals surface area contributed by atoms with E-state index in [0.29, 0.717) is 21.7 Å². The largest absolute Gasteiger partial charge is 0.349 e. The van der Waals surface area contributed by atoms with E-state index in [1.165, 1.54) is 0 Å². The third-order valence-corrected chi connectivity index (χ3v) is 5.24. The van der Waals surface area contributed by atoms with Crippen molar-refractivity contribution >= 4 is 23.3 Å². The Morgan fingerprint density at radius 3 is 2.30 bits per heavy atom. The first kappa shape index (κ1) is 19.6. The van der Waals surface area contributed by atoms with Gasteiger partial charge in [-0.3, -0.25) is 9.59 Å². The van der Waals surface area contributed by atoms with Crippen LogP contribution < -0.4 is 5.32 Å². The summed E-state index contributed by atoms with van der Waals surface area (Å²) in [7, 11) is 0. The highest BCUT2D eigenvalue weighted by atomic mass is 35.5. The van der Waals surface area contributed by atoms with Gasteiger partial charge in [0.15, 0.2) is 5.78 Å². The van der Waals surface area contributed by atoms with Crippen LogP contribution in [-0.4, -0.2) is 42.3 Å². The number of nitrogens with one attached hydrogen (secondary N) is 1. The number of halogens is 1. The van der Waals surface area contributed by atoms with Gasteiger partial charge in [-0.15, -0.1) is 0 Å². The smallest absolute Gasteiger partial charge is 0.252 e. The van der Waals surface area contributed by atoms with Crippen molar-refractivity contribution in [3.63, 3.8) is 0 Å². The van der Waals surface area contributed by atoms with Gasteiger partial charge in [0.2, 0.25) is 0 Å². The molecule has 2 aromatic rings. The highest BCUT2D eigenvalue weighted by Gasteiger charge is 2.23. The molecule has 0 bridgehead atoms. The monoisotopic (exact) mass is 384 g/mol. The number of likely N-dealkylation sites (tertiary alicyclic amines) is 1. The average Bonchev–Trinajstić information content (AvgIpc) is 2.70. The van der Waals surface area contributed by atoms with E-state index in [1.54, 1.807) is 48.5 Å². The van der Waals surface area contributed by atoms with Crippen LogP contribution in [0.1, 0.15) is 52.5 Å². The first-order chi connectivity index (χ1) is 13.1. The van der Waals surface area contributed by atoms with Gasteiger partial charge in [0.05, 0.1) is 5.56 Å². The Balaban J connectivity index is 1.71. The van der Waals surface area contributed by atoms with Crippen molar-refractivity contribution in [2.45, 2.75) is 32.2 Å². The van der Waals surface area contributed by atoms with Crippen molar-refractivity contribution in [3.05, 3.63) is 70.2 Å². The van der Waals surface area contributed by atoms with Crippen molar-refractivity contribution in [1.82, 2.24) is 10.2 Å². The summed E-state index contributed by atoms with van der Waals surface area (Å²) in [6, 6.07) is 13.9. The van der Waals surface area contributed by atoms with Crippen LogP contribution in [0.5, 0.6) is 0 Å². The number of hydrogen-bond acceptors (Lipinski definition) is 3. The van der Waals surface area contributed by atoms with Crippen LogP contribution in [0.25, 0.3) is 0 Å². The Hall–Kier alpha value is -2.17. The highest BCUT2D eigenvalue weighted by molar-refractivity contribution is 6.30. The number of ketones is 1. The molecule has 0 saturated carbocycles. The minimum absolute atomic E-state index is 0.157. The molecule has 0 unspecified atom stereocenters. The molecule has 1 aliphatic heterocycles. The third kappa shape index (κ3) is 4.96. The fourth-order valence-electron chi connectivity index (χ4n) is 3.52. The Labute approximate surface area is 165 Å². The van der Waals surface area contributed by atoms with E-state index in [4.69, 9.17) is 11.6 Å². The van der Waals surface area contributed by atoms with Gasteiger partial charge in [0.25, 0.3) is 5.91 Å². The maximum absolute atomic E-state index is 12.9. The van der Waals surface area contributed by atoms with Gasteiger partial charge in [0, 0.05) is 35.3 Å². The second-order valence-electron chi connectivity index (χ2n) is 6.97. The molecule has 142 valence electrons. The molecule has 1 heterocycles. The maximum atomic E-state index is 12.9. The molecule has 0 atom stereocenters. The number of nitrogens with zero attached hydrogens (tertiary/aromatic N) is 1. The predicted octanol–water partition coefficient (Wildman–Crippen LogP) is 4.18. The molecule has 27 heavy (non-hydrogen) atoms. The van der Waals surface area contributed by atoms with Crippen molar-refractivity contribution in [3.8, 4) is 0 Å². The normalized spacial score (nSPS) is 15.5. The lowest BCUT2D eigenvalue weighted by atomic mass is 9.97. The summed E-state index contributed by atoms with van der Waals surface area (Å²) in [4.78, 5) is 28.1. The zero-order valence-corrected chi connectivity index (χ0v) is 16.3.